The van der Waals surface area contributed by atoms with Gasteiger partial charge in [-0.3, -0.25) is 4.79 Å². The molecule has 1 aliphatic heterocycles. The van der Waals surface area contributed by atoms with E-state index in [1.807, 2.05) is 0 Å². The Hall–Kier alpha value is -0.700. The van der Waals surface area contributed by atoms with Gasteiger partial charge in [0.2, 0.25) is 15.9 Å². The fraction of sp³-hybridized carbons (Fsp3) is 0.900. The highest BCUT2D eigenvalue weighted by Gasteiger charge is 2.36. The van der Waals surface area contributed by atoms with Gasteiger partial charge in [0.1, 0.15) is 6.04 Å². The van der Waals surface area contributed by atoms with Crippen LogP contribution in [0.15, 0.2) is 0 Å². The lowest BCUT2D eigenvalue weighted by atomic mass is 10.2. The molecule has 0 bridgehead atoms. The van der Waals surface area contributed by atoms with Crippen LogP contribution in [0, 0.1) is 0 Å². The lowest BCUT2D eigenvalue weighted by Crippen LogP contribution is -2.50. The third-order valence-electron chi connectivity index (χ3n) is 2.87. The minimum absolute atomic E-state index is 0.188. The Labute approximate surface area is 107 Å². The average Bonchev–Trinajstić information content (AvgIpc) is 2.76. The normalized spacial score (nSPS) is 22.9. The fourth-order valence-corrected chi connectivity index (χ4v) is 3.16. The van der Waals surface area contributed by atoms with E-state index in [0.717, 1.165) is 6.26 Å². The summed E-state index contributed by atoms with van der Waals surface area (Å²) in [4.78, 5) is 12.0. The van der Waals surface area contributed by atoms with Crippen LogP contribution in [0.25, 0.3) is 0 Å². The van der Waals surface area contributed by atoms with Gasteiger partial charge in [-0.2, -0.15) is 4.31 Å². The number of carbonyl (C=O) groups is 1. The maximum atomic E-state index is 12.0. The number of nitrogens with zero attached hydrogens (tertiary/aromatic N) is 1. The average molecular weight is 280 g/mol. The summed E-state index contributed by atoms with van der Waals surface area (Å²) < 4.78 is 29.0. The maximum Gasteiger partial charge on any atom is 0.238 e. The smallest absolute Gasteiger partial charge is 0.238 e. The van der Waals surface area contributed by atoms with E-state index >= 15 is 0 Å². The van der Waals surface area contributed by atoms with E-state index in [9.17, 15) is 13.2 Å². The molecule has 0 aromatic heterocycles. The number of carbonyl (C=O) groups excluding carboxylic acids is 1. The van der Waals surface area contributed by atoms with Gasteiger partial charge in [0.25, 0.3) is 0 Å². The van der Waals surface area contributed by atoms with Gasteiger partial charge in [0, 0.05) is 13.7 Å². The first kappa shape index (κ1) is 15.4. The van der Waals surface area contributed by atoms with Crippen molar-refractivity contribution in [3.8, 4) is 0 Å². The van der Waals surface area contributed by atoms with Gasteiger partial charge in [-0.15, -0.1) is 0 Å². The highest BCUT2D eigenvalue weighted by atomic mass is 32.2. The zero-order valence-electron chi connectivity index (χ0n) is 10.6. The monoisotopic (exact) mass is 280 g/mol. The molecule has 18 heavy (non-hydrogen) atoms. The number of nitrogens with one attached hydrogen (secondary N) is 1. The summed E-state index contributed by atoms with van der Waals surface area (Å²) in [6.45, 7) is 0.310. The third kappa shape index (κ3) is 3.91. The summed E-state index contributed by atoms with van der Waals surface area (Å²) in [5, 5.41) is 11.6. The predicted molar refractivity (Wildman–Crippen MR) is 65.5 cm³/mol. The lowest BCUT2D eigenvalue weighted by Gasteiger charge is -2.23. The van der Waals surface area contributed by atoms with E-state index in [-0.39, 0.29) is 19.1 Å². The van der Waals surface area contributed by atoms with Crippen LogP contribution in [0.1, 0.15) is 12.8 Å². The minimum atomic E-state index is -3.37. The van der Waals surface area contributed by atoms with Gasteiger partial charge in [0.05, 0.1) is 25.5 Å². The zero-order valence-corrected chi connectivity index (χ0v) is 11.4. The van der Waals surface area contributed by atoms with Crippen molar-refractivity contribution in [3.05, 3.63) is 0 Å². The Balaban J connectivity index is 2.66. The van der Waals surface area contributed by atoms with Crippen LogP contribution < -0.4 is 5.32 Å². The highest BCUT2D eigenvalue weighted by molar-refractivity contribution is 7.88. The van der Waals surface area contributed by atoms with E-state index in [0.29, 0.717) is 19.4 Å². The molecule has 2 atom stereocenters. The van der Waals surface area contributed by atoms with Crippen molar-refractivity contribution in [1.82, 2.24) is 9.62 Å². The minimum Gasteiger partial charge on any atom is -0.394 e. The summed E-state index contributed by atoms with van der Waals surface area (Å²) in [7, 11) is -1.91. The Morgan fingerprint density at radius 2 is 2.28 bits per heavy atom. The van der Waals surface area contributed by atoms with E-state index in [2.05, 4.69) is 5.32 Å². The van der Waals surface area contributed by atoms with Gasteiger partial charge in [-0.05, 0) is 12.8 Å². The molecule has 1 amide bonds. The van der Waals surface area contributed by atoms with Gasteiger partial charge < -0.3 is 15.2 Å². The predicted octanol–water partition coefficient (Wildman–Crippen LogP) is -1.47. The Morgan fingerprint density at radius 1 is 1.61 bits per heavy atom. The molecule has 8 heteroatoms. The van der Waals surface area contributed by atoms with Crippen molar-refractivity contribution >= 4 is 15.9 Å². The number of aliphatic hydroxyl groups is 1. The number of sulfonamides is 1. The van der Waals surface area contributed by atoms with E-state index in [1.54, 1.807) is 0 Å². The summed E-state index contributed by atoms with van der Waals surface area (Å²) in [6.07, 6.45) is 2.26. The standard InChI is InChI=1S/C10H20N2O5S/c1-17-7-8(6-13)11-10(14)9-4-3-5-12(9)18(2,15)16/h8-9,13H,3-7H2,1-2H3,(H,11,14). The summed E-state index contributed by atoms with van der Waals surface area (Å²) in [5.74, 6) is -0.381. The van der Waals surface area contributed by atoms with Crippen molar-refractivity contribution in [1.29, 1.82) is 0 Å². The first-order valence-electron chi connectivity index (χ1n) is 5.77. The van der Waals surface area contributed by atoms with Crippen LogP contribution in [0.3, 0.4) is 0 Å². The fourth-order valence-electron chi connectivity index (χ4n) is 2.04. The van der Waals surface area contributed by atoms with E-state index in [4.69, 9.17) is 9.84 Å². The second kappa shape index (κ2) is 6.46. The molecule has 7 nitrogen and oxygen atoms in total. The van der Waals surface area contributed by atoms with Crippen LogP contribution >= 0.6 is 0 Å². The van der Waals surface area contributed by atoms with Crippen LogP contribution in [0.4, 0.5) is 0 Å². The molecule has 0 saturated carbocycles. The molecule has 1 fully saturated rings. The molecule has 2 unspecified atom stereocenters. The van der Waals surface area contributed by atoms with Crippen molar-refractivity contribution in [2.45, 2.75) is 24.9 Å². The number of ether oxygens (including phenoxy) is 1. The van der Waals surface area contributed by atoms with Crippen molar-refractivity contribution < 1.29 is 23.1 Å². The molecule has 2 N–H and O–H groups in total. The quantitative estimate of drug-likeness (QED) is 0.619. The van der Waals surface area contributed by atoms with Crippen LogP contribution in [-0.2, 0) is 19.6 Å². The first-order chi connectivity index (χ1) is 8.40. The summed E-state index contributed by atoms with van der Waals surface area (Å²) in [5.41, 5.74) is 0. The molecule has 0 spiro atoms. The first-order valence-corrected chi connectivity index (χ1v) is 7.62. The molecule has 1 saturated heterocycles. The van der Waals surface area contributed by atoms with Crippen molar-refractivity contribution in [3.63, 3.8) is 0 Å². The maximum absolute atomic E-state index is 12.0. The molecule has 0 radical (unpaired) electrons. The number of rotatable bonds is 6. The summed E-state index contributed by atoms with van der Waals surface area (Å²) in [6, 6.07) is -1.18. The highest BCUT2D eigenvalue weighted by Crippen LogP contribution is 2.20. The lowest BCUT2D eigenvalue weighted by molar-refractivity contribution is -0.125. The van der Waals surface area contributed by atoms with Gasteiger partial charge in [-0.1, -0.05) is 0 Å². The van der Waals surface area contributed by atoms with Gasteiger partial charge in [-0.25, -0.2) is 8.42 Å². The largest absolute Gasteiger partial charge is 0.394 e. The molecule has 1 aliphatic rings. The van der Waals surface area contributed by atoms with Crippen molar-refractivity contribution in [2.24, 2.45) is 0 Å². The Bertz CT molecular complexity index is 384. The number of hydrogen-bond acceptors (Lipinski definition) is 5. The number of methoxy groups -OCH3 is 1. The van der Waals surface area contributed by atoms with Crippen LogP contribution in [-0.4, -0.2) is 68.9 Å². The number of hydrogen-bond donors (Lipinski definition) is 2. The Morgan fingerprint density at radius 3 is 2.78 bits per heavy atom. The topological polar surface area (TPSA) is 95.9 Å². The second-order valence-corrected chi connectivity index (χ2v) is 6.31. The molecular weight excluding hydrogens is 260 g/mol. The number of amides is 1. The second-order valence-electron chi connectivity index (χ2n) is 4.38. The van der Waals surface area contributed by atoms with E-state index < -0.39 is 22.1 Å². The molecule has 1 heterocycles. The SMILES string of the molecule is COCC(CO)NC(=O)C1CCCN1S(C)(=O)=O. The van der Waals surface area contributed by atoms with Gasteiger partial charge >= 0.3 is 0 Å². The third-order valence-corrected chi connectivity index (χ3v) is 4.16. The van der Waals surface area contributed by atoms with Crippen LogP contribution in [0.5, 0.6) is 0 Å². The molecular formula is C10H20N2O5S. The molecule has 0 aromatic carbocycles. The summed E-state index contributed by atoms with van der Waals surface area (Å²) >= 11 is 0. The number of aliphatic hydroxyl groups excluding tert-OH is 1. The van der Waals surface area contributed by atoms with Crippen molar-refractivity contribution in [2.75, 3.05) is 33.1 Å². The van der Waals surface area contributed by atoms with Crippen LogP contribution in [0.2, 0.25) is 0 Å². The molecule has 0 aliphatic carbocycles. The zero-order chi connectivity index (χ0) is 13.8. The molecule has 0 aromatic rings. The molecule has 106 valence electrons. The van der Waals surface area contributed by atoms with E-state index in [1.165, 1.54) is 11.4 Å². The Kier molecular flexibility index (Phi) is 5.51. The van der Waals surface area contributed by atoms with Gasteiger partial charge in [0.15, 0.2) is 0 Å². The molecule has 1 rings (SSSR count).